The maximum Gasteiger partial charge on any atom is 0.236 e. The molecule has 0 aliphatic heterocycles. The third-order valence-electron chi connectivity index (χ3n) is 3.69. The fourth-order valence-corrected chi connectivity index (χ4v) is 2.74. The summed E-state index contributed by atoms with van der Waals surface area (Å²) in [4.78, 5) is 11.6. The Balaban J connectivity index is 1.79. The Bertz CT molecular complexity index is 444. The van der Waals surface area contributed by atoms with E-state index in [4.69, 9.17) is 11.6 Å². The number of benzene rings is 1. The summed E-state index contributed by atoms with van der Waals surface area (Å²) in [5.41, 5.74) is 1.30. The van der Waals surface area contributed by atoms with Crippen molar-refractivity contribution in [3.63, 3.8) is 0 Å². The van der Waals surface area contributed by atoms with Crippen molar-refractivity contribution in [3.05, 3.63) is 34.9 Å². The molecular weight excluding hydrogens is 260 g/mol. The normalized spacial score (nSPS) is 23.5. The van der Waals surface area contributed by atoms with E-state index in [-0.39, 0.29) is 11.9 Å². The molecule has 1 aromatic carbocycles. The molecule has 1 fully saturated rings. The van der Waals surface area contributed by atoms with Gasteiger partial charge in [-0.2, -0.15) is 0 Å². The van der Waals surface area contributed by atoms with Crippen LogP contribution in [0.5, 0.6) is 0 Å². The van der Waals surface area contributed by atoms with Crippen molar-refractivity contribution >= 4 is 17.5 Å². The van der Waals surface area contributed by atoms with Gasteiger partial charge in [-0.25, -0.2) is 0 Å². The van der Waals surface area contributed by atoms with E-state index in [2.05, 4.69) is 16.7 Å². The lowest BCUT2D eigenvalue weighted by atomic mass is 9.75. The largest absolute Gasteiger partial charge is 0.355 e. The van der Waals surface area contributed by atoms with Gasteiger partial charge in [0, 0.05) is 17.6 Å². The first-order valence-corrected chi connectivity index (χ1v) is 7.27. The summed E-state index contributed by atoms with van der Waals surface area (Å²) < 4.78 is 0. The lowest BCUT2D eigenvalue weighted by molar-refractivity contribution is -0.123. The van der Waals surface area contributed by atoms with Crippen LogP contribution in [0, 0.1) is 0 Å². The zero-order valence-electron chi connectivity index (χ0n) is 11.4. The van der Waals surface area contributed by atoms with E-state index in [1.165, 1.54) is 5.56 Å². The second-order valence-corrected chi connectivity index (χ2v) is 5.64. The average molecular weight is 281 g/mol. The third-order valence-corrected chi connectivity index (χ3v) is 3.92. The minimum atomic E-state index is -0.120. The summed E-state index contributed by atoms with van der Waals surface area (Å²) in [6.45, 7) is 4.53. The number of nitrogens with one attached hydrogen (secondary N) is 2. The second kappa shape index (κ2) is 6.40. The average Bonchev–Trinajstić information content (AvgIpc) is 2.33. The number of likely N-dealkylation sites (N-methyl/N-ethyl adjacent to an activating group) is 1. The van der Waals surface area contributed by atoms with E-state index in [1.54, 1.807) is 0 Å². The number of rotatable bonds is 5. The van der Waals surface area contributed by atoms with Crippen LogP contribution >= 0.6 is 11.6 Å². The minimum absolute atomic E-state index is 0.0775. The molecule has 1 aliphatic rings. The van der Waals surface area contributed by atoms with Gasteiger partial charge >= 0.3 is 0 Å². The van der Waals surface area contributed by atoms with Crippen LogP contribution in [-0.4, -0.2) is 24.5 Å². The predicted octanol–water partition coefficient (Wildman–Crippen LogP) is 2.70. The molecule has 3 nitrogen and oxygen atoms in total. The summed E-state index contributed by atoms with van der Waals surface area (Å²) in [7, 11) is 0. The van der Waals surface area contributed by atoms with Crippen molar-refractivity contribution in [1.29, 1.82) is 0 Å². The summed E-state index contributed by atoms with van der Waals surface area (Å²) in [5.74, 6) is 0.645. The van der Waals surface area contributed by atoms with E-state index in [1.807, 2.05) is 32.0 Å². The minimum Gasteiger partial charge on any atom is -0.355 e. The SMILES string of the molecule is CCNC(=O)C(C)NC1CC(c2cccc(Cl)c2)C1. The highest BCUT2D eigenvalue weighted by molar-refractivity contribution is 6.30. The maximum atomic E-state index is 11.6. The summed E-state index contributed by atoms with van der Waals surface area (Å²) in [6, 6.07) is 8.37. The number of carbonyl (C=O) groups is 1. The third kappa shape index (κ3) is 3.71. The molecule has 2 rings (SSSR count). The van der Waals surface area contributed by atoms with E-state index >= 15 is 0 Å². The first kappa shape index (κ1) is 14.4. The van der Waals surface area contributed by atoms with Crippen LogP contribution < -0.4 is 10.6 Å². The maximum absolute atomic E-state index is 11.6. The van der Waals surface area contributed by atoms with Gasteiger partial charge in [-0.3, -0.25) is 4.79 Å². The molecule has 104 valence electrons. The number of hydrogen-bond donors (Lipinski definition) is 2. The van der Waals surface area contributed by atoms with Crippen molar-refractivity contribution in [2.75, 3.05) is 6.54 Å². The fraction of sp³-hybridized carbons (Fsp3) is 0.533. The lowest BCUT2D eigenvalue weighted by Gasteiger charge is -2.38. The molecule has 0 aromatic heterocycles. The zero-order chi connectivity index (χ0) is 13.8. The monoisotopic (exact) mass is 280 g/mol. The molecule has 0 heterocycles. The summed E-state index contributed by atoms with van der Waals surface area (Å²) >= 11 is 6.00. The quantitative estimate of drug-likeness (QED) is 0.871. The fourth-order valence-electron chi connectivity index (χ4n) is 2.54. The number of carbonyl (C=O) groups excluding carboxylic acids is 1. The molecule has 2 N–H and O–H groups in total. The van der Waals surface area contributed by atoms with Crippen molar-refractivity contribution in [2.24, 2.45) is 0 Å². The van der Waals surface area contributed by atoms with E-state index in [0.717, 1.165) is 17.9 Å². The van der Waals surface area contributed by atoms with Crippen LogP contribution in [-0.2, 0) is 4.79 Å². The van der Waals surface area contributed by atoms with Gasteiger partial charge in [0.15, 0.2) is 0 Å². The first-order valence-electron chi connectivity index (χ1n) is 6.89. The first-order chi connectivity index (χ1) is 9.10. The molecule has 0 saturated heterocycles. The molecule has 1 aromatic rings. The Labute approximate surface area is 119 Å². The van der Waals surface area contributed by atoms with Crippen LogP contribution in [0.1, 0.15) is 38.2 Å². The molecular formula is C15H21ClN2O. The highest BCUT2D eigenvalue weighted by atomic mass is 35.5. The van der Waals surface area contributed by atoms with Crippen molar-refractivity contribution in [2.45, 2.75) is 44.7 Å². The number of halogens is 1. The van der Waals surface area contributed by atoms with Gasteiger partial charge in [0.1, 0.15) is 0 Å². The molecule has 0 bridgehead atoms. The Hall–Kier alpha value is -1.06. The standard InChI is InChI=1S/C15H21ClN2O/c1-3-17-15(19)10(2)18-14-8-12(9-14)11-5-4-6-13(16)7-11/h4-7,10,12,14,18H,3,8-9H2,1-2H3,(H,17,19). The molecule has 1 atom stereocenters. The number of amides is 1. The molecule has 0 spiro atoms. The van der Waals surface area contributed by atoms with Gasteiger partial charge in [-0.05, 0) is 50.3 Å². The Morgan fingerprint density at radius 1 is 1.47 bits per heavy atom. The van der Waals surface area contributed by atoms with Crippen LogP contribution in [0.25, 0.3) is 0 Å². The van der Waals surface area contributed by atoms with E-state index in [0.29, 0.717) is 18.5 Å². The molecule has 1 saturated carbocycles. The molecule has 1 unspecified atom stereocenters. The topological polar surface area (TPSA) is 41.1 Å². The molecule has 4 heteroatoms. The molecule has 1 amide bonds. The van der Waals surface area contributed by atoms with Crippen LogP contribution in [0.2, 0.25) is 5.02 Å². The predicted molar refractivity (Wildman–Crippen MR) is 78.5 cm³/mol. The highest BCUT2D eigenvalue weighted by Crippen LogP contribution is 2.37. The van der Waals surface area contributed by atoms with Gasteiger partial charge in [-0.15, -0.1) is 0 Å². The lowest BCUT2D eigenvalue weighted by Crippen LogP contribution is -2.50. The van der Waals surface area contributed by atoms with E-state index < -0.39 is 0 Å². The van der Waals surface area contributed by atoms with Crippen molar-refractivity contribution < 1.29 is 4.79 Å². The summed E-state index contributed by atoms with van der Waals surface area (Å²) in [5, 5.41) is 7.00. The van der Waals surface area contributed by atoms with Crippen LogP contribution in [0.3, 0.4) is 0 Å². The zero-order valence-corrected chi connectivity index (χ0v) is 12.2. The van der Waals surface area contributed by atoms with E-state index in [9.17, 15) is 4.79 Å². The Morgan fingerprint density at radius 2 is 2.21 bits per heavy atom. The highest BCUT2D eigenvalue weighted by Gasteiger charge is 2.32. The smallest absolute Gasteiger partial charge is 0.236 e. The van der Waals surface area contributed by atoms with Crippen LogP contribution in [0.4, 0.5) is 0 Å². The van der Waals surface area contributed by atoms with Crippen molar-refractivity contribution in [1.82, 2.24) is 10.6 Å². The van der Waals surface area contributed by atoms with Gasteiger partial charge < -0.3 is 10.6 Å². The van der Waals surface area contributed by atoms with Gasteiger partial charge in [-0.1, -0.05) is 23.7 Å². The van der Waals surface area contributed by atoms with Gasteiger partial charge in [0.25, 0.3) is 0 Å². The second-order valence-electron chi connectivity index (χ2n) is 5.20. The van der Waals surface area contributed by atoms with Crippen molar-refractivity contribution in [3.8, 4) is 0 Å². The number of hydrogen-bond acceptors (Lipinski definition) is 2. The summed E-state index contributed by atoms with van der Waals surface area (Å²) in [6.07, 6.45) is 2.15. The van der Waals surface area contributed by atoms with Gasteiger partial charge in [0.2, 0.25) is 5.91 Å². The molecule has 1 aliphatic carbocycles. The Morgan fingerprint density at radius 3 is 2.84 bits per heavy atom. The Kier molecular flexibility index (Phi) is 4.83. The molecule has 19 heavy (non-hydrogen) atoms. The van der Waals surface area contributed by atoms with Gasteiger partial charge in [0.05, 0.1) is 6.04 Å². The van der Waals surface area contributed by atoms with Crippen LogP contribution in [0.15, 0.2) is 24.3 Å². The molecule has 0 radical (unpaired) electrons.